The third-order valence-corrected chi connectivity index (χ3v) is 3.71. The van der Waals surface area contributed by atoms with Crippen molar-refractivity contribution < 1.29 is 9.66 Å². The molecule has 0 aliphatic rings. The summed E-state index contributed by atoms with van der Waals surface area (Å²) in [5.41, 5.74) is 0.652. The molecule has 0 aliphatic carbocycles. The van der Waals surface area contributed by atoms with Gasteiger partial charge in [-0.05, 0) is 39.7 Å². The number of benzene rings is 2. The maximum Gasteiger partial charge on any atom is 0.283 e. The monoisotopic (exact) mass is 375 g/mol. The van der Waals surface area contributed by atoms with Gasteiger partial charge in [0.25, 0.3) is 5.69 Å². The second-order valence-corrected chi connectivity index (χ2v) is 5.60. The molecule has 0 fully saturated rings. The molecule has 0 heterocycles. The molecule has 0 amide bonds. The minimum atomic E-state index is -0.458. The van der Waals surface area contributed by atoms with Crippen LogP contribution in [-0.2, 0) is 6.61 Å². The molecule has 2 rings (SSSR count). The zero-order valence-electron chi connectivity index (χ0n) is 9.98. The van der Waals surface area contributed by atoms with Crippen molar-refractivity contribution in [1.29, 1.82) is 0 Å². The lowest BCUT2D eigenvalue weighted by Gasteiger charge is -2.08. The average molecular weight is 377 g/mol. The van der Waals surface area contributed by atoms with Crippen molar-refractivity contribution in [3.05, 3.63) is 66.6 Å². The van der Waals surface area contributed by atoms with Crippen molar-refractivity contribution in [2.45, 2.75) is 6.61 Å². The summed E-state index contributed by atoms with van der Waals surface area (Å²) >= 11 is 14.9. The maximum absolute atomic E-state index is 10.8. The molecule has 0 bridgehead atoms. The number of halogens is 3. The van der Waals surface area contributed by atoms with Gasteiger partial charge in [-0.1, -0.05) is 29.3 Å². The summed E-state index contributed by atoms with van der Waals surface area (Å²) < 4.78 is 5.95. The van der Waals surface area contributed by atoms with Gasteiger partial charge in [-0.25, -0.2) is 0 Å². The highest BCUT2D eigenvalue weighted by molar-refractivity contribution is 9.10. The van der Waals surface area contributed by atoms with Crippen LogP contribution in [0.5, 0.6) is 5.75 Å². The summed E-state index contributed by atoms with van der Waals surface area (Å²) in [7, 11) is 0. The van der Waals surface area contributed by atoms with Crippen LogP contribution in [0.2, 0.25) is 10.0 Å². The van der Waals surface area contributed by atoms with Crippen molar-refractivity contribution in [2.24, 2.45) is 0 Å². The van der Waals surface area contributed by atoms with E-state index < -0.39 is 4.92 Å². The molecule has 0 aliphatic heterocycles. The zero-order chi connectivity index (χ0) is 14.7. The molecular weight excluding hydrogens is 369 g/mol. The van der Waals surface area contributed by atoms with Crippen LogP contribution in [-0.4, -0.2) is 4.92 Å². The van der Waals surface area contributed by atoms with E-state index in [1.807, 2.05) is 0 Å². The van der Waals surface area contributed by atoms with Crippen LogP contribution in [0.15, 0.2) is 40.9 Å². The first-order valence-electron chi connectivity index (χ1n) is 5.48. The van der Waals surface area contributed by atoms with Gasteiger partial charge < -0.3 is 4.74 Å². The molecule has 104 valence electrons. The lowest BCUT2D eigenvalue weighted by molar-refractivity contribution is -0.385. The number of nitrogens with zero attached hydrogens (tertiary/aromatic N) is 1. The predicted molar refractivity (Wildman–Crippen MR) is 81.6 cm³/mol. The first-order chi connectivity index (χ1) is 9.47. The molecule has 0 saturated carbocycles. The highest BCUT2D eigenvalue weighted by Gasteiger charge is 2.12. The van der Waals surface area contributed by atoms with Crippen molar-refractivity contribution in [3.8, 4) is 5.75 Å². The van der Waals surface area contributed by atoms with Crippen LogP contribution in [0.3, 0.4) is 0 Å². The average Bonchev–Trinajstić information content (AvgIpc) is 2.41. The van der Waals surface area contributed by atoms with E-state index in [-0.39, 0.29) is 12.3 Å². The van der Waals surface area contributed by atoms with Gasteiger partial charge in [-0.15, -0.1) is 0 Å². The van der Waals surface area contributed by atoms with Crippen LogP contribution < -0.4 is 4.74 Å². The van der Waals surface area contributed by atoms with Crippen molar-refractivity contribution in [2.75, 3.05) is 0 Å². The quantitative estimate of drug-likeness (QED) is 0.541. The summed E-state index contributed by atoms with van der Waals surface area (Å²) in [6.45, 7) is 0.161. The summed E-state index contributed by atoms with van der Waals surface area (Å²) in [6, 6.07) is 9.66. The van der Waals surface area contributed by atoms with E-state index in [4.69, 9.17) is 27.9 Å². The molecule has 0 radical (unpaired) electrons. The molecular formula is C13H8BrCl2NO3. The van der Waals surface area contributed by atoms with E-state index in [2.05, 4.69) is 15.9 Å². The third kappa shape index (κ3) is 3.62. The summed E-state index contributed by atoms with van der Waals surface area (Å²) in [6.07, 6.45) is 0. The lowest BCUT2D eigenvalue weighted by Crippen LogP contribution is -1.98. The van der Waals surface area contributed by atoms with E-state index in [0.29, 0.717) is 25.8 Å². The predicted octanol–water partition coefficient (Wildman–Crippen LogP) is 5.24. The molecule has 2 aromatic carbocycles. The normalized spacial score (nSPS) is 10.3. The SMILES string of the molecule is O=[N+]([O-])c1cc(COc2cc(Cl)ccc2Cl)ccc1Br. The fourth-order valence-electron chi connectivity index (χ4n) is 1.54. The molecule has 0 saturated heterocycles. The number of hydrogen-bond acceptors (Lipinski definition) is 3. The fourth-order valence-corrected chi connectivity index (χ4v) is 2.26. The summed E-state index contributed by atoms with van der Waals surface area (Å²) in [5, 5.41) is 11.8. The molecule has 0 unspecified atom stereocenters. The molecule has 0 atom stereocenters. The molecule has 0 N–H and O–H groups in total. The first kappa shape index (κ1) is 15.1. The maximum atomic E-state index is 10.8. The Bertz CT molecular complexity index is 664. The highest BCUT2D eigenvalue weighted by Crippen LogP contribution is 2.30. The van der Waals surface area contributed by atoms with E-state index in [0.717, 1.165) is 0 Å². The second-order valence-electron chi connectivity index (χ2n) is 3.91. The Labute approximate surface area is 133 Å². The van der Waals surface area contributed by atoms with Gasteiger partial charge in [0.15, 0.2) is 0 Å². The highest BCUT2D eigenvalue weighted by atomic mass is 79.9. The molecule has 4 nitrogen and oxygen atoms in total. The fraction of sp³-hybridized carbons (Fsp3) is 0.0769. The van der Waals surface area contributed by atoms with E-state index >= 15 is 0 Å². The van der Waals surface area contributed by atoms with Crippen molar-refractivity contribution >= 4 is 44.8 Å². The lowest BCUT2D eigenvalue weighted by atomic mass is 10.2. The number of nitro benzene ring substituents is 1. The Morgan fingerprint density at radius 2 is 1.95 bits per heavy atom. The Kier molecular flexibility index (Phi) is 4.86. The smallest absolute Gasteiger partial charge is 0.283 e. The zero-order valence-corrected chi connectivity index (χ0v) is 13.1. The van der Waals surface area contributed by atoms with Gasteiger partial charge >= 0.3 is 0 Å². The van der Waals surface area contributed by atoms with E-state index in [1.165, 1.54) is 6.07 Å². The molecule has 2 aromatic rings. The Morgan fingerprint density at radius 1 is 1.20 bits per heavy atom. The number of hydrogen-bond donors (Lipinski definition) is 0. The van der Waals surface area contributed by atoms with Crippen LogP contribution in [0, 0.1) is 10.1 Å². The van der Waals surface area contributed by atoms with Gasteiger partial charge in [0.1, 0.15) is 12.4 Å². The van der Waals surface area contributed by atoms with E-state index in [9.17, 15) is 10.1 Å². The van der Waals surface area contributed by atoms with E-state index in [1.54, 1.807) is 30.3 Å². The van der Waals surface area contributed by atoms with Crippen LogP contribution in [0.1, 0.15) is 5.56 Å². The second kappa shape index (κ2) is 6.43. The first-order valence-corrected chi connectivity index (χ1v) is 7.03. The van der Waals surface area contributed by atoms with Crippen LogP contribution in [0.25, 0.3) is 0 Å². The molecule has 7 heteroatoms. The largest absolute Gasteiger partial charge is 0.487 e. The van der Waals surface area contributed by atoms with Crippen molar-refractivity contribution in [1.82, 2.24) is 0 Å². The van der Waals surface area contributed by atoms with Gasteiger partial charge in [0, 0.05) is 17.2 Å². The Hall–Kier alpha value is -1.30. The van der Waals surface area contributed by atoms with Crippen LogP contribution >= 0.6 is 39.1 Å². The van der Waals surface area contributed by atoms with Gasteiger partial charge in [0.2, 0.25) is 0 Å². The van der Waals surface area contributed by atoms with Gasteiger partial charge in [-0.2, -0.15) is 0 Å². The summed E-state index contributed by atoms with van der Waals surface area (Å²) in [5.74, 6) is 0.435. The minimum absolute atomic E-state index is 0.0108. The number of nitro groups is 1. The van der Waals surface area contributed by atoms with Gasteiger partial charge in [-0.3, -0.25) is 10.1 Å². The van der Waals surface area contributed by atoms with Crippen molar-refractivity contribution in [3.63, 3.8) is 0 Å². The molecule has 0 spiro atoms. The number of ether oxygens (including phenoxy) is 1. The van der Waals surface area contributed by atoms with Gasteiger partial charge in [0.05, 0.1) is 14.4 Å². The Balaban J connectivity index is 2.17. The summed E-state index contributed by atoms with van der Waals surface area (Å²) in [4.78, 5) is 10.4. The molecule has 20 heavy (non-hydrogen) atoms. The topological polar surface area (TPSA) is 52.4 Å². The third-order valence-electron chi connectivity index (χ3n) is 2.49. The standard InChI is InChI=1S/C13H8BrCl2NO3/c14-10-3-1-8(5-12(10)17(18)19)7-20-13-6-9(15)2-4-11(13)16/h1-6H,7H2. The Morgan fingerprint density at radius 3 is 2.65 bits per heavy atom. The van der Waals surface area contributed by atoms with Crippen LogP contribution in [0.4, 0.5) is 5.69 Å². The molecule has 0 aromatic heterocycles. The number of rotatable bonds is 4. The minimum Gasteiger partial charge on any atom is -0.487 e.